The van der Waals surface area contributed by atoms with Gasteiger partial charge in [-0.3, -0.25) is 14.9 Å². The van der Waals surface area contributed by atoms with Crippen molar-refractivity contribution in [2.45, 2.75) is 37.9 Å². The van der Waals surface area contributed by atoms with E-state index >= 15 is 0 Å². The molecule has 1 aromatic heterocycles. The van der Waals surface area contributed by atoms with Crippen LogP contribution in [-0.4, -0.2) is 47.9 Å². The quantitative estimate of drug-likeness (QED) is 0.203. The van der Waals surface area contributed by atoms with Gasteiger partial charge in [-0.25, -0.2) is 8.42 Å². The first-order valence-electron chi connectivity index (χ1n) is 12.1. The summed E-state index contributed by atoms with van der Waals surface area (Å²) in [6, 6.07) is 19.2. The molecule has 0 atom stereocenters. The molecule has 3 aromatic carbocycles. The molecular weight excluding hydrogens is 540 g/mol. The molecule has 12 heteroatoms. The molecule has 0 aliphatic carbocycles. The van der Waals surface area contributed by atoms with Crippen LogP contribution in [0.4, 0.5) is 5.69 Å². The molecular formula is C27H28N4O6S2. The van der Waals surface area contributed by atoms with E-state index in [9.17, 15) is 23.3 Å². The lowest BCUT2D eigenvalue weighted by Crippen LogP contribution is -2.36. The van der Waals surface area contributed by atoms with Crippen molar-refractivity contribution in [3.05, 3.63) is 98.8 Å². The Morgan fingerprint density at radius 3 is 2.41 bits per heavy atom. The Morgan fingerprint density at radius 1 is 1.10 bits per heavy atom. The average molecular weight is 569 g/mol. The second kappa shape index (κ2) is 12.0. The van der Waals surface area contributed by atoms with Gasteiger partial charge in [-0.15, -0.1) is 0 Å². The Balaban J connectivity index is 1.65. The smallest absolute Gasteiger partial charge is 0.279 e. The number of hydrogen-bond donors (Lipinski definition) is 0. The Labute approximate surface area is 230 Å². The van der Waals surface area contributed by atoms with E-state index in [1.54, 1.807) is 17.7 Å². The van der Waals surface area contributed by atoms with Gasteiger partial charge in [-0.05, 0) is 49.7 Å². The summed E-state index contributed by atoms with van der Waals surface area (Å²) >= 11 is 1.16. The summed E-state index contributed by atoms with van der Waals surface area (Å²) < 4.78 is 35.8. The van der Waals surface area contributed by atoms with Crippen molar-refractivity contribution in [1.82, 2.24) is 8.87 Å². The van der Waals surface area contributed by atoms with E-state index in [0.29, 0.717) is 28.2 Å². The number of amides is 1. The van der Waals surface area contributed by atoms with E-state index in [0.717, 1.165) is 16.9 Å². The fourth-order valence-electron chi connectivity index (χ4n) is 4.02. The van der Waals surface area contributed by atoms with Crippen molar-refractivity contribution in [2.24, 2.45) is 4.99 Å². The maximum atomic E-state index is 13.4. The first-order valence-corrected chi connectivity index (χ1v) is 14.4. The van der Waals surface area contributed by atoms with Crippen LogP contribution in [0.5, 0.6) is 0 Å². The molecule has 0 aliphatic rings. The lowest BCUT2D eigenvalue weighted by atomic mass is 10.2. The van der Waals surface area contributed by atoms with E-state index < -0.39 is 20.9 Å². The van der Waals surface area contributed by atoms with Gasteiger partial charge in [0.2, 0.25) is 10.0 Å². The predicted molar refractivity (Wildman–Crippen MR) is 149 cm³/mol. The second-order valence-corrected chi connectivity index (χ2v) is 11.9. The molecule has 39 heavy (non-hydrogen) atoms. The normalized spacial score (nSPS) is 12.5. The summed E-state index contributed by atoms with van der Waals surface area (Å²) in [4.78, 5) is 28.5. The molecule has 0 bridgehead atoms. The lowest BCUT2D eigenvalue weighted by Gasteiger charge is -2.26. The number of nitro groups is 1. The van der Waals surface area contributed by atoms with Gasteiger partial charge < -0.3 is 9.30 Å². The molecule has 10 nitrogen and oxygen atoms in total. The Kier molecular flexibility index (Phi) is 8.70. The molecule has 0 N–H and O–H groups in total. The minimum absolute atomic E-state index is 0.0555. The molecule has 0 fully saturated rings. The van der Waals surface area contributed by atoms with Crippen molar-refractivity contribution in [2.75, 3.05) is 13.7 Å². The summed E-state index contributed by atoms with van der Waals surface area (Å²) in [7, 11) is -2.27. The number of thiazole rings is 1. The molecule has 0 aliphatic heterocycles. The van der Waals surface area contributed by atoms with Crippen LogP contribution in [0.2, 0.25) is 0 Å². The van der Waals surface area contributed by atoms with Gasteiger partial charge in [-0.2, -0.15) is 9.30 Å². The van der Waals surface area contributed by atoms with Crippen molar-refractivity contribution in [3.8, 4) is 0 Å². The van der Waals surface area contributed by atoms with Gasteiger partial charge in [0.05, 0.1) is 26.6 Å². The third-order valence-corrected chi connectivity index (χ3v) is 9.14. The summed E-state index contributed by atoms with van der Waals surface area (Å²) in [5.74, 6) is -0.559. The maximum absolute atomic E-state index is 13.4. The highest BCUT2D eigenvalue weighted by molar-refractivity contribution is 7.89. The molecule has 204 valence electrons. The topological polar surface area (TPSA) is 124 Å². The number of carbonyl (C=O) groups is 1. The van der Waals surface area contributed by atoms with Gasteiger partial charge in [-0.1, -0.05) is 41.7 Å². The van der Waals surface area contributed by atoms with E-state index in [-0.39, 0.29) is 28.7 Å². The standard InChI is InChI=1S/C27H28N4O6S2/c1-19(2)30(18-20-7-5-4-6-8-20)39(35,36)23-12-9-21(10-13-23)26(32)28-27-29(15-16-37-3)24-14-11-22(31(33)34)17-25(24)38-27/h4-14,17,19H,15-16,18H2,1-3H3. The third kappa shape index (κ3) is 6.31. The number of sulfonamides is 1. The number of rotatable bonds is 10. The zero-order valence-electron chi connectivity index (χ0n) is 21.7. The minimum atomic E-state index is -3.82. The molecule has 0 radical (unpaired) electrons. The highest BCUT2D eigenvalue weighted by Crippen LogP contribution is 2.24. The Hall–Kier alpha value is -3.71. The number of nitrogens with zero attached hydrogens (tertiary/aromatic N) is 4. The van der Waals surface area contributed by atoms with Crippen LogP contribution in [0.3, 0.4) is 0 Å². The number of benzene rings is 3. The van der Waals surface area contributed by atoms with E-state index in [4.69, 9.17) is 4.74 Å². The number of nitro benzene ring substituents is 1. The summed E-state index contributed by atoms with van der Waals surface area (Å²) in [6.07, 6.45) is 0. The fraction of sp³-hybridized carbons (Fsp3) is 0.259. The Morgan fingerprint density at radius 2 is 1.79 bits per heavy atom. The molecule has 0 saturated heterocycles. The van der Waals surface area contributed by atoms with Gasteiger partial charge in [0.25, 0.3) is 11.6 Å². The number of ether oxygens (including phenoxy) is 1. The van der Waals surface area contributed by atoms with E-state index in [2.05, 4.69) is 4.99 Å². The zero-order chi connectivity index (χ0) is 28.2. The third-order valence-electron chi connectivity index (χ3n) is 6.06. The van der Waals surface area contributed by atoms with Crippen LogP contribution < -0.4 is 4.80 Å². The lowest BCUT2D eigenvalue weighted by molar-refractivity contribution is -0.384. The molecule has 1 amide bonds. The van der Waals surface area contributed by atoms with Gasteiger partial charge in [0, 0.05) is 43.9 Å². The second-order valence-electron chi connectivity index (χ2n) is 9.01. The van der Waals surface area contributed by atoms with E-state index in [1.165, 1.54) is 40.7 Å². The van der Waals surface area contributed by atoms with Crippen LogP contribution in [0.25, 0.3) is 10.2 Å². The van der Waals surface area contributed by atoms with Crippen molar-refractivity contribution < 1.29 is 22.9 Å². The number of methoxy groups -OCH3 is 1. The number of fused-ring (bicyclic) bond motifs is 1. The van der Waals surface area contributed by atoms with Crippen LogP contribution in [0.15, 0.2) is 82.7 Å². The predicted octanol–water partition coefficient (Wildman–Crippen LogP) is 4.60. The number of aromatic nitrogens is 1. The van der Waals surface area contributed by atoms with Crippen LogP contribution in [0.1, 0.15) is 29.8 Å². The molecule has 0 saturated carbocycles. The largest absolute Gasteiger partial charge is 0.383 e. The molecule has 0 unspecified atom stereocenters. The number of carbonyl (C=O) groups excluding carboxylic acids is 1. The van der Waals surface area contributed by atoms with Gasteiger partial charge >= 0.3 is 0 Å². The average Bonchev–Trinajstić information content (AvgIpc) is 3.26. The molecule has 0 spiro atoms. The summed E-state index contributed by atoms with van der Waals surface area (Å²) in [5.41, 5.74) is 1.73. The van der Waals surface area contributed by atoms with Crippen LogP contribution in [0, 0.1) is 10.1 Å². The maximum Gasteiger partial charge on any atom is 0.279 e. The SMILES string of the molecule is COCCn1c(=NC(=O)c2ccc(S(=O)(=O)N(Cc3ccccc3)C(C)C)cc2)sc2cc([N+](=O)[O-])ccc21. The summed E-state index contributed by atoms with van der Waals surface area (Å²) in [5, 5.41) is 11.2. The zero-order valence-corrected chi connectivity index (χ0v) is 23.3. The first-order chi connectivity index (χ1) is 18.6. The van der Waals surface area contributed by atoms with Gasteiger partial charge in [0.15, 0.2) is 4.80 Å². The van der Waals surface area contributed by atoms with Crippen LogP contribution in [-0.2, 0) is 27.8 Å². The fourth-order valence-corrected chi connectivity index (χ4v) is 6.74. The van der Waals surface area contributed by atoms with Crippen molar-refractivity contribution in [3.63, 3.8) is 0 Å². The molecule has 1 heterocycles. The number of non-ortho nitro benzene ring substituents is 1. The van der Waals surface area contributed by atoms with E-state index in [1.807, 2.05) is 44.2 Å². The van der Waals surface area contributed by atoms with Crippen molar-refractivity contribution in [1.29, 1.82) is 0 Å². The van der Waals surface area contributed by atoms with Crippen LogP contribution >= 0.6 is 11.3 Å². The Bertz CT molecular complexity index is 1660. The highest BCUT2D eigenvalue weighted by Gasteiger charge is 2.27. The first kappa shape index (κ1) is 28.3. The van der Waals surface area contributed by atoms with Crippen molar-refractivity contribution >= 4 is 43.2 Å². The summed E-state index contributed by atoms with van der Waals surface area (Å²) in [6.45, 7) is 4.60. The minimum Gasteiger partial charge on any atom is -0.383 e. The number of hydrogen-bond acceptors (Lipinski definition) is 7. The monoisotopic (exact) mass is 568 g/mol. The molecule has 4 rings (SSSR count). The molecule has 4 aromatic rings. The highest BCUT2D eigenvalue weighted by atomic mass is 32.2. The van der Waals surface area contributed by atoms with Gasteiger partial charge in [0.1, 0.15) is 0 Å².